The summed E-state index contributed by atoms with van der Waals surface area (Å²) >= 11 is 0. The molecule has 6 nitrogen and oxygen atoms in total. The molecule has 144 valence electrons. The van der Waals surface area contributed by atoms with Crippen LogP contribution in [0.15, 0.2) is 58.8 Å². The van der Waals surface area contributed by atoms with Gasteiger partial charge in [0.1, 0.15) is 28.2 Å². The van der Waals surface area contributed by atoms with E-state index in [1.54, 1.807) is 18.2 Å². The third-order valence-corrected chi connectivity index (χ3v) is 4.50. The van der Waals surface area contributed by atoms with Crippen molar-refractivity contribution in [3.63, 3.8) is 0 Å². The van der Waals surface area contributed by atoms with Gasteiger partial charge < -0.3 is 24.5 Å². The van der Waals surface area contributed by atoms with Crippen molar-refractivity contribution in [2.45, 2.75) is 12.8 Å². The Balaban J connectivity index is 2.30. The summed E-state index contributed by atoms with van der Waals surface area (Å²) in [5.41, 5.74) is 0.723. The van der Waals surface area contributed by atoms with E-state index >= 15 is 0 Å². The molecule has 1 aromatic heterocycles. The molecule has 0 unspecified atom stereocenters. The van der Waals surface area contributed by atoms with E-state index in [1.165, 1.54) is 25.3 Å². The molecule has 0 amide bonds. The summed E-state index contributed by atoms with van der Waals surface area (Å²) in [4.78, 5) is 12.7. The van der Waals surface area contributed by atoms with Gasteiger partial charge in [-0.3, -0.25) is 4.79 Å². The number of allylic oxidation sites excluding steroid dienone is 2. The molecule has 0 radical (unpaired) electrons. The quantitative estimate of drug-likeness (QED) is 0.558. The van der Waals surface area contributed by atoms with Crippen molar-refractivity contribution in [3.05, 3.63) is 70.9 Å². The highest BCUT2D eigenvalue weighted by Gasteiger charge is 2.20. The first-order valence-corrected chi connectivity index (χ1v) is 8.55. The Morgan fingerprint density at radius 1 is 1.04 bits per heavy atom. The maximum absolute atomic E-state index is 12.7. The highest BCUT2D eigenvalue weighted by atomic mass is 16.5. The molecule has 0 fully saturated rings. The van der Waals surface area contributed by atoms with Crippen LogP contribution in [0.4, 0.5) is 0 Å². The van der Waals surface area contributed by atoms with E-state index in [-0.39, 0.29) is 51.7 Å². The number of phenols is 3. The summed E-state index contributed by atoms with van der Waals surface area (Å²) in [6.07, 6.45) is 3.63. The second kappa shape index (κ2) is 7.52. The molecule has 2 aromatic carbocycles. The molecule has 0 saturated carbocycles. The first-order valence-electron chi connectivity index (χ1n) is 8.55. The largest absolute Gasteiger partial charge is 0.507 e. The average molecular weight is 380 g/mol. The molecule has 3 N–H and O–H groups in total. The van der Waals surface area contributed by atoms with Gasteiger partial charge in [0.25, 0.3) is 0 Å². The van der Waals surface area contributed by atoms with Crippen molar-refractivity contribution in [1.82, 2.24) is 0 Å². The second-order valence-electron chi connectivity index (χ2n) is 6.20. The van der Waals surface area contributed by atoms with E-state index < -0.39 is 5.43 Å². The number of hydrogen-bond acceptors (Lipinski definition) is 6. The zero-order valence-electron chi connectivity index (χ0n) is 15.4. The number of aromatic hydroxyl groups is 3. The van der Waals surface area contributed by atoms with Gasteiger partial charge in [0.15, 0.2) is 16.9 Å². The van der Waals surface area contributed by atoms with Gasteiger partial charge in [0.05, 0.1) is 7.11 Å². The van der Waals surface area contributed by atoms with Gasteiger partial charge in [0.2, 0.25) is 0 Å². The number of hydrogen-bond donors (Lipinski definition) is 3. The van der Waals surface area contributed by atoms with Gasteiger partial charge in [-0.2, -0.15) is 0 Å². The van der Waals surface area contributed by atoms with E-state index in [0.717, 1.165) is 0 Å². The summed E-state index contributed by atoms with van der Waals surface area (Å²) in [6.45, 7) is 7.26. The molecule has 0 atom stereocenters. The first kappa shape index (κ1) is 19.1. The fourth-order valence-corrected chi connectivity index (χ4v) is 3.17. The minimum Gasteiger partial charge on any atom is -0.507 e. The average Bonchev–Trinajstić information content (AvgIpc) is 2.66. The van der Waals surface area contributed by atoms with Gasteiger partial charge >= 0.3 is 0 Å². The number of benzene rings is 2. The third kappa shape index (κ3) is 3.09. The van der Waals surface area contributed by atoms with Crippen molar-refractivity contribution in [2.24, 2.45) is 0 Å². The van der Waals surface area contributed by atoms with Gasteiger partial charge in [-0.25, -0.2) is 0 Å². The van der Waals surface area contributed by atoms with Gasteiger partial charge in [-0.05, 0) is 25.0 Å². The number of rotatable bonds is 6. The van der Waals surface area contributed by atoms with E-state index in [4.69, 9.17) is 9.15 Å². The molecule has 0 aliphatic rings. The van der Waals surface area contributed by atoms with E-state index in [2.05, 4.69) is 13.2 Å². The Bertz CT molecular complexity index is 1140. The summed E-state index contributed by atoms with van der Waals surface area (Å²) < 4.78 is 10.9. The Kier molecular flexibility index (Phi) is 5.13. The van der Waals surface area contributed by atoms with Crippen LogP contribution < -0.4 is 10.2 Å². The standard InChI is InChI=1S/C22H20O6/c1-4-6-13-12(8-9-17(27-3)21(13)25)18-11-16(24)20-19(28-18)10-15(23)14(7-5-2)22(20)26/h4-5,8-11,23,25-26H,1-2,6-7H2,3H3. The molecule has 3 aromatic rings. The highest BCUT2D eigenvalue weighted by Crippen LogP contribution is 2.40. The lowest BCUT2D eigenvalue weighted by Crippen LogP contribution is -2.03. The Morgan fingerprint density at radius 3 is 2.36 bits per heavy atom. The summed E-state index contributed by atoms with van der Waals surface area (Å²) in [5, 5.41) is 31.0. The molecule has 3 rings (SSSR count). The highest BCUT2D eigenvalue weighted by molar-refractivity contribution is 5.88. The second-order valence-corrected chi connectivity index (χ2v) is 6.20. The zero-order valence-corrected chi connectivity index (χ0v) is 15.4. The minimum atomic E-state index is -0.473. The Labute approximate surface area is 161 Å². The van der Waals surface area contributed by atoms with Crippen LogP contribution in [0.3, 0.4) is 0 Å². The molecule has 0 aliphatic carbocycles. The van der Waals surface area contributed by atoms with Crippen LogP contribution in [0.25, 0.3) is 22.3 Å². The fourth-order valence-electron chi connectivity index (χ4n) is 3.17. The number of methoxy groups -OCH3 is 1. The lowest BCUT2D eigenvalue weighted by Gasteiger charge is -2.14. The van der Waals surface area contributed by atoms with Crippen molar-refractivity contribution in [2.75, 3.05) is 7.11 Å². The lowest BCUT2D eigenvalue weighted by atomic mass is 9.99. The normalized spacial score (nSPS) is 10.8. The predicted molar refractivity (Wildman–Crippen MR) is 107 cm³/mol. The van der Waals surface area contributed by atoms with E-state index in [1.807, 2.05) is 0 Å². The van der Waals surface area contributed by atoms with Crippen LogP contribution in [-0.4, -0.2) is 22.4 Å². The van der Waals surface area contributed by atoms with Gasteiger partial charge in [-0.15, -0.1) is 13.2 Å². The fraction of sp³-hybridized carbons (Fsp3) is 0.136. The van der Waals surface area contributed by atoms with Crippen molar-refractivity contribution >= 4 is 11.0 Å². The first-order chi connectivity index (χ1) is 13.4. The molecule has 0 aliphatic heterocycles. The van der Waals surface area contributed by atoms with Crippen molar-refractivity contribution in [1.29, 1.82) is 0 Å². The van der Waals surface area contributed by atoms with Crippen LogP contribution in [0, 0.1) is 0 Å². The molecule has 0 saturated heterocycles. The van der Waals surface area contributed by atoms with Crippen molar-refractivity contribution in [3.8, 4) is 34.3 Å². The van der Waals surface area contributed by atoms with Crippen molar-refractivity contribution < 1.29 is 24.5 Å². The topological polar surface area (TPSA) is 100 Å². The summed E-state index contributed by atoms with van der Waals surface area (Å²) in [5.74, 6) is -0.140. The van der Waals surface area contributed by atoms with Crippen LogP contribution in [0.2, 0.25) is 0 Å². The predicted octanol–water partition coefficient (Wildman–Crippen LogP) is 4.04. The van der Waals surface area contributed by atoms with E-state index in [0.29, 0.717) is 17.5 Å². The minimum absolute atomic E-state index is 0.0265. The monoisotopic (exact) mass is 380 g/mol. The Hall–Kier alpha value is -3.67. The lowest BCUT2D eigenvalue weighted by molar-refractivity contribution is 0.371. The van der Waals surface area contributed by atoms with Gasteiger partial charge in [0, 0.05) is 28.8 Å². The molecule has 0 bridgehead atoms. The Morgan fingerprint density at radius 2 is 1.71 bits per heavy atom. The van der Waals surface area contributed by atoms with Crippen LogP contribution in [-0.2, 0) is 12.8 Å². The maximum Gasteiger partial charge on any atom is 0.197 e. The number of phenolic OH excluding ortho intramolecular Hbond substituents is 3. The summed E-state index contributed by atoms with van der Waals surface area (Å²) in [6, 6.07) is 5.75. The van der Waals surface area contributed by atoms with E-state index in [9.17, 15) is 20.1 Å². The molecule has 28 heavy (non-hydrogen) atoms. The van der Waals surface area contributed by atoms with Crippen LogP contribution in [0.5, 0.6) is 23.0 Å². The molecule has 0 spiro atoms. The summed E-state index contributed by atoms with van der Waals surface area (Å²) in [7, 11) is 1.44. The van der Waals surface area contributed by atoms with Crippen LogP contribution in [0.1, 0.15) is 11.1 Å². The molecular formula is C22H20O6. The molecule has 1 heterocycles. The number of fused-ring (bicyclic) bond motifs is 1. The van der Waals surface area contributed by atoms with Crippen LogP contribution >= 0.6 is 0 Å². The number of ether oxygens (including phenoxy) is 1. The maximum atomic E-state index is 12.7. The third-order valence-electron chi connectivity index (χ3n) is 4.50. The zero-order chi connectivity index (χ0) is 20.4. The molecule has 6 heteroatoms. The molecular weight excluding hydrogens is 360 g/mol. The SMILES string of the molecule is C=CCc1c(-c2cc(=O)c3c(O)c(CC=C)c(O)cc3o2)ccc(OC)c1O. The van der Waals surface area contributed by atoms with Gasteiger partial charge in [-0.1, -0.05) is 12.2 Å². The smallest absolute Gasteiger partial charge is 0.197 e.